The normalized spacial score (nSPS) is 11.9. The van der Waals surface area contributed by atoms with Crippen molar-refractivity contribution in [1.82, 2.24) is 0 Å². The van der Waals surface area contributed by atoms with Gasteiger partial charge in [-0.2, -0.15) is 0 Å². The second-order valence-corrected chi connectivity index (χ2v) is 6.04. The van der Waals surface area contributed by atoms with Crippen LogP contribution in [0.5, 0.6) is 0 Å². The van der Waals surface area contributed by atoms with Gasteiger partial charge in [-0.05, 0) is 44.2 Å². The number of aryl methyl sites for hydroxylation is 1. The Bertz CT molecular complexity index is 597. The van der Waals surface area contributed by atoms with E-state index in [1.807, 2.05) is 31.2 Å². The first-order valence-electron chi connectivity index (χ1n) is 6.35. The van der Waals surface area contributed by atoms with Crippen LogP contribution in [0.2, 0.25) is 5.02 Å². The summed E-state index contributed by atoms with van der Waals surface area (Å²) in [4.78, 5) is 14.2. The molecular formula is C15H16ClNO2S. The predicted octanol–water partition coefficient (Wildman–Crippen LogP) is 4.43. The maximum absolute atomic E-state index is 12.1. The van der Waals surface area contributed by atoms with E-state index in [1.165, 1.54) is 0 Å². The van der Waals surface area contributed by atoms with Crippen LogP contribution in [0.3, 0.4) is 0 Å². The lowest BCUT2D eigenvalue weighted by molar-refractivity contribution is -0.144. The van der Waals surface area contributed by atoms with Crippen LogP contribution in [0.1, 0.15) is 22.7 Å². The van der Waals surface area contributed by atoms with E-state index in [0.29, 0.717) is 11.6 Å². The van der Waals surface area contributed by atoms with E-state index in [-0.39, 0.29) is 5.97 Å². The second-order valence-electron chi connectivity index (χ2n) is 4.29. The molecular weight excluding hydrogens is 294 g/mol. The Hall–Kier alpha value is -1.52. The second kappa shape index (κ2) is 6.77. The van der Waals surface area contributed by atoms with E-state index in [1.54, 1.807) is 30.4 Å². The van der Waals surface area contributed by atoms with Gasteiger partial charge in [0.25, 0.3) is 0 Å². The summed E-state index contributed by atoms with van der Waals surface area (Å²) in [7, 11) is 0. The molecule has 1 heterocycles. The summed E-state index contributed by atoms with van der Waals surface area (Å²) in [5.74, 6) is -0.283. The summed E-state index contributed by atoms with van der Waals surface area (Å²) in [5.41, 5.74) is 0.793. The molecule has 0 radical (unpaired) electrons. The van der Waals surface area contributed by atoms with Gasteiger partial charge >= 0.3 is 5.97 Å². The smallest absolute Gasteiger partial charge is 0.334 e. The van der Waals surface area contributed by atoms with E-state index in [0.717, 1.165) is 15.4 Å². The third-order valence-corrected chi connectivity index (χ3v) is 4.00. The standard InChI is InChI=1S/C15H16ClNO2S/c1-3-19-15(18)14(13-8-7-10(2)20-13)17-12-6-4-5-11(16)9-12/h4-9,14,17H,3H2,1-2H3. The van der Waals surface area contributed by atoms with Gasteiger partial charge in [0.2, 0.25) is 0 Å². The van der Waals surface area contributed by atoms with Gasteiger partial charge in [-0.15, -0.1) is 11.3 Å². The van der Waals surface area contributed by atoms with Crippen molar-refractivity contribution in [2.45, 2.75) is 19.9 Å². The summed E-state index contributed by atoms with van der Waals surface area (Å²) in [6.45, 7) is 4.17. The van der Waals surface area contributed by atoms with Crippen molar-refractivity contribution in [1.29, 1.82) is 0 Å². The Morgan fingerprint density at radius 1 is 1.40 bits per heavy atom. The predicted molar refractivity (Wildman–Crippen MR) is 83.5 cm³/mol. The first-order valence-corrected chi connectivity index (χ1v) is 7.54. The molecule has 0 aliphatic carbocycles. The molecule has 20 heavy (non-hydrogen) atoms. The number of benzene rings is 1. The van der Waals surface area contributed by atoms with Crippen molar-refractivity contribution in [3.05, 3.63) is 51.2 Å². The fraction of sp³-hybridized carbons (Fsp3) is 0.267. The van der Waals surface area contributed by atoms with Crippen molar-refractivity contribution in [3.63, 3.8) is 0 Å². The van der Waals surface area contributed by atoms with Gasteiger partial charge in [0, 0.05) is 20.5 Å². The van der Waals surface area contributed by atoms with Crippen LogP contribution in [0, 0.1) is 6.92 Å². The van der Waals surface area contributed by atoms with Crippen molar-refractivity contribution in [2.24, 2.45) is 0 Å². The molecule has 5 heteroatoms. The highest BCUT2D eigenvalue weighted by Gasteiger charge is 2.23. The van der Waals surface area contributed by atoms with Gasteiger partial charge in [0.05, 0.1) is 6.61 Å². The number of carbonyl (C=O) groups is 1. The van der Waals surface area contributed by atoms with Gasteiger partial charge in [0.1, 0.15) is 0 Å². The van der Waals surface area contributed by atoms with E-state index < -0.39 is 6.04 Å². The van der Waals surface area contributed by atoms with Crippen LogP contribution in [0.25, 0.3) is 0 Å². The van der Waals surface area contributed by atoms with Crippen LogP contribution in [0.15, 0.2) is 36.4 Å². The summed E-state index contributed by atoms with van der Waals surface area (Å²) >= 11 is 7.54. The van der Waals surface area contributed by atoms with E-state index in [9.17, 15) is 4.79 Å². The van der Waals surface area contributed by atoms with Crippen LogP contribution in [0.4, 0.5) is 5.69 Å². The quantitative estimate of drug-likeness (QED) is 0.831. The van der Waals surface area contributed by atoms with Gasteiger partial charge in [-0.3, -0.25) is 0 Å². The van der Waals surface area contributed by atoms with E-state index in [4.69, 9.17) is 16.3 Å². The van der Waals surface area contributed by atoms with Crippen molar-refractivity contribution >= 4 is 34.6 Å². The summed E-state index contributed by atoms with van der Waals surface area (Å²) in [5, 5.41) is 3.81. The highest BCUT2D eigenvalue weighted by Crippen LogP contribution is 2.28. The zero-order valence-electron chi connectivity index (χ0n) is 11.4. The molecule has 0 aliphatic rings. The van der Waals surface area contributed by atoms with Gasteiger partial charge in [0.15, 0.2) is 6.04 Å². The minimum atomic E-state index is -0.507. The molecule has 2 rings (SSSR count). The number of anilines is 1. The van der Waals surface area contributed by atoms with Crippen LogP contribution >= 0.6 is 22.9 Å². The first-order chi connectivity index (χ1) is 9.60. The topological polar surface area (TPSA) is 38.3 Å². The minimum Gasteiger partial charge on any atom is -0.464 e. The molecule has 1 atom stereocenters. The van der Waals surface area contributed by atoms with Crippen molar-refractivity contribution < 1.29 is 9.53 Å². The first kappa shape index (κ1) is 14.9. The lowest BCUT2D eigenvalue weighted by Crippen LogP contribution is -2.22. The molecule has 0 saturated carbocycles. The van der Waals surface area contributed by atoms with E-state index in [2.05, 4.69) is 5.32 Å². The molecule has 0 fully saturated rings. The SMILES string of the molecule is CCOC(=O)C(Nc1cccc(Cl)c1)c1ccc(C)s1. The fourth-order valence-electron chi connectivity index (χ4n) is 1.83. The van der Waals surface area contributed by atoms with Crippen LogP contribution in [-0.2, 0) is 9.53 Å². The number of ether oxygens (including phenoxy) is 1. The highest BCUT2D eigenvalue weighted by molar-refractivity contribution is 7.12. The third-order valence-electron chi connectivity index (χ3n) is 2.70. The monoisotopic (exact) mass is 309 g/mol. The molecule has 0 bridgehead atoms. The fourth-order valence-corrected chi connectivity index (χ4v) is 2.93. The van der Waals surface area contributed by atoms with Crippen molar-refractivity contribution in [3.8, 4) is 0 Å². The lowest BCUT2D eigenvalue weighted by Gasteiger charge is -2.17. The molecule has 0 spiro atoms. The number of esters is 1. The Balaban J connectivity index is 2.25. The molecule has 1 unspecified atom stereocenters. The molecule has 0 saturated heterocycles. The van der Waals surface area contributed by atoms with Gasteiger partial charge in [-0.25, -0.2) is 4.79 Å². The minimum absolute atomic E-state index is 0.283. The summed E-state index contributed by atoms with van der Waals surface area (Å²) in [6, 6.07) is 10.7. The third kappa shape index (κ3) is 3.74. The van der Waals surface area contributed by atoms with Crippen LogP contribution in [-0.4, -0.2) is 12.6 Å². The number of halogens is 1. The molecule has 2 aromatic rings. The maximum Gasteiger partial charge on any atom is 0.334 e. The summed E-state index contributed by atoms with van der Waals surface area (Å²) in [6.07, 6.45) is 0. The molecule has 1 aromatic heterocycles. The number of nitrogens with one attached hydrogen (secondary N) is 1. The molecule has 3 nitrogen and oxygen atoms in total. The zero-order chi connectivity index (χ0) is 14.5. The molecule has 106 valence electrons. The number of hydrogen-bond donors (Lipinski definition) is 1. The van der Waals surface area contributed by atoms with Gasteiger partial charge < -0.3 is 10.1 Å². The highest BCUT2D eigenvalue weighted by atomic mass is 35.5. The Morgan fingerprint density at radius 3 is 2.80 bits per heavy atom. The van der Waals surface area contributed by atoms with E-state index >= 15 is 0 Å². The summed E-state index contributed by atoms with van der Waals surface area (Å²) < 4.78 is 5.14. The molecule has 1 aromatic carbocycles. The number of thiophene rings is 1. The largest absolute Gasteiger partial charge is 0.464 e. The molecule has 0 aliphatic heterocycles. The number of hydrogen-bond acceptors (Lipinski definition) is 4. The number of rotatable bonds is 5. The molecule has 0 amide bonds. The number of carbonyl (C=O) groups excluding carboxylic acids is 1. The van der Waals surface area contributed by atoms with Crippen LogP contribution < -0.4 is 5.32 Å². The zero-order valence-corrected chi connectivity index (χ0v) is 12.9. The molecule has 1 N–H and O–H groups in total. The lowest BCUT2D eigenvalue weighted by atomic mass is 10.2. The van der Waals surface area contributed by atoms with Gasteiger partial charge in [-0.1, -0.05) is 17.7 Å². The average Bonchev–Trinajstić information content (AvgIpc) is 2.83. The Labute approximate surface area is 127 Å². The average molecular weight is 310 g/mol. The Kier molecular flexibility index (Phi) is 5.04. The maximum atomic E-state index is 12.1. The van der Waals surface area contributed by atoms with Crippen molar-refractivity contribution in [2.75, 3.05) is 11.9 Å². The Morgan fingerprint density at radius 2 is 2.20 bits per heavy atom.